The van der Waals surface area contributed by atoms with E-state index in [0.717, 1.165) is 0 Å². The first-order valence-corrected chi connectivity index (χ1v) is 6.75. The van der Waals surface area contributed by atoms with Crippen molar-refractivity contribution in [1.82, 2.24) is 9.36 Å². The van der Waals surface area contributed by atoms with Crippen LogP contribution < -0.4 is 10.3 Å². The SMILES string of the molecule is CCn1c(Cl)c(-c2ccc(OC)cc2F)c(=O)n1CC. The van der Waals surface area contributed by atoms with Crippen molar-refractivity contribution >= 4 is 11.6 Å². The van der Waals surface area contributed by atoms with Gasteiger partial charge in [0.1, 0.15) is 16.7 Å². The number of aromatic nitrogens is 2. The quantitative estimate of drug-likeness (QED) is 0.869. The van der Waals surface area contributed by atoms with Crippen molar-refractivity contribution in [3.05, 3.63) is 39.5 Å². The fourth-order valence-electron chi connectivity index (χ4n) is 2.24. The molecule has 0 aliphatic rings. The lowest BCUT2D eigenvalue weighted by molar-refractivity contribution is 0.411. The number of benzene rings is 1. The summed E-state index contributed by atoms with van der Waals surface area (Å²) in [6.45, 7) is 4.74. The zero-order valence-electron chi connectivity index (χ0n) is 11.6. The zero-order chi connectivity index (χ0) is 14.9. The predicted molar refractivity (Wildman–Crippen MR) is 77.0 cm³/mol. The first-order valence-electron chi connectivity index (χ1n) is 6.38. The van der Waals surface area contributed by atoms with Crippen molar-refractivity contribution in [2.24, 2.45) is 0 Å². The Kier molecular flexibility index (Phi) is 4.18. The van der Waals surface area contributed by atoms with Crippen LogP contribution in [-0.4, -0.2) is 16.5 Å². The Morgan fingerprint density at radius 3 is 2.35 bits per heavy atom. The first-order chi connectivity index (χ1) is 9.54. The Morgan fingerprint density at radius 2 is 1.90 bits per heavy atom. The Bertz CT molecular complexity index is 691. The molecular formula is C14H16ClFN2O2. The van der Waals surface area contributed by atoms with Gasteiger partial charge in [-0.2, -0.15) is 0 Å². The summed E-state index contributed by atoms with van der Waals surface area (Å²) in [5, 5.41) is 0.253. The Morgan fingerprint density at radius 1 is 1.25 bits per heavy atom. The molecule has 2 rings (SSSR count). The highest BCUT2D eigenvalue weighted by atomic mass is 35.5. The second-order valence-electron chi connectivity index (χ2n) is 4.25. The molecule has 2 aromatic rings. The summed E-state index contributed by atoms with van der Waals surface area (Å²) < 4.78 is 22.2. The van der Waals surface area contributed by atoms with Crippen LogP contribution >= 0.6 is 11.6 Å². The van der Waals surface area contributed by atoms with Crippen LogP contribution in [-0.2, 0) is 13.1 Å². The Labute approximate surface area is 121 Å². The van der Waals surface area contributed by atoms with Crippen LogP contribution in [0, 0.1) is 5.82 Å². The first kappa shape index (κ1) is 14.7. The van der Waals surface area contributed by atoms with Gasteiger partial charge in [0.05, 0.1) is 12.7 Å². The van der Waals surface area contributed by atoms with Crippen LogP contribution in [0.3, 0.4) is 0 Å². The monoisotopic (exact) mass is 298 g/mol. The number of rotatable bonds is 4. The smallest absolute Gasteiger partial charge is 0.276 e. The van der Waals surface area contributed by atoms with Crippen LogP contribution in [0.2, 0.25) is 5.15 Å². The van der Waals surface area contributed by atoms with Crippen molar-refractivity contribution < 1.29 is 9.13 Å². The molecule has 108 valence electrons. The third kappa shape index (κ3) is 2.22. The number of halogens is 2. The molecule has 0 spiro atoms. The number of ether oxygens (including phenoxy) is 1. The van der Waals surface area contributed by atoms with Crippen LogP contribution in [0.1, 0.15) is 13.8 Å². The van der Waals surface area contributed by atoms with Crippen molar-refractivity contribution in [1.29, 1.82) is 0 Å². The Hall–Kier alpha value is -1.75. The summed E-state index contributed by atoms with van der Waals surface area (Å²) in [5.41, 5.74) is 0.0918. The van der Waals surface area contributed by atoms with Crippen LogP contribution in [0.5, 0.6) is 5.75 Å². The maximum Gasteiger partial charge on any atom is 0.276 e. The van der Waals surface area contributed by atoms with Gasteiger partial charge >= 0.3 is 0 Å². The zero-order valence-corrected chi connectivity index (χ0v) is 12.4. The van der Waals surface area contributed by atoms with Crippen molar-refractivity contribution in [2.75, 3.05) is 7.11 Å². The molecule has 0 atom stereocenters. The number of hydrogen-bond acceptors (Lipinski definition) is 2. The third-order valence-corrected chi connectivity index (χ3v) is 3.60. The average Bonchev–Trinajstić information content (AvgIpc) is 2.69. The summed E-state index contributed by atoms with van der Waals surface area (Å²) in [7, 11) is 1.46. The van der Waals surface area contributed by atoms with Gasteiger partial charge in [0.15, 0.2) is 0 Å². The van der Waals surface area contributed by atoms with Gasteiger partial charge in [-0.1, -0.05) is 11.6 Å². The van der Waals surface area contributed by atoms with E-state index in [-0.39, 0.29) is 21.8 Å². The molecule has 0 aliphatic carbocycles. The van der Waals surface area contributed by atoms with E-state index in [1.165, 1.54) is 23.9 Å². The van der Waals surface area contributed by atoms with Gasteiger partial charge in [-0.25, -0.2) is 9.07 Å². The van der Waals surface area contributed by atoms with Gasteiger partial charge in [-0.05, 0) is 26.0 Å². The summed E-state index contributed by atoms with van der Waals surface area (Å²) >= 11 is 6.24. The molecular weight excluding hydrogens is 283 g/mol. The molecule has 4 nitrogen and oxygen atoms in total. The summed E-state index contributed by atoms with van der Waals surface area (Å²) in [6.07, 6.45) is 0. The van der Waals surface area contributed by atoms with E-state index in [4.69, 9.17) is 16.3 Å². The summed E-state index contributed by atoms with van der Waals surface area (Å²) in [5.74, 6) is -0.132. The van der Waals surface area contributed by atoms with E-state index in [1.807, 2.05) is 13.8 Å². The van der Waals surface area contributed by atoms with E-state index >= 15 is 0 Å². The minimum absolute atomic E-state index is 0.190. The van der Waals surface area contributed by atoms with Crippen molar-refractivity contribution in [3.8, 4) is 16.9 Å². The topological polar surface area (TPSA) is 36.2 Å². The molecule has 0 saturated heterocycles. The fraction of sp³-hybridized carbons (Fsp3) is 0.357. The maximum absolute atomic E-state index is 14.1. The third-order valence-electron chi connectivity index (χ3n) is 3.22. The minimum Gasteiger partial charge on any atom is -0.497 e. The van der Waals surface area contributed by atoms with Crippen LogP contribution in [0.15, 0.2) is 23.0 Å². The van der Waals surface area contributed by atoms with Gasteiger partial charge in [0, 0.05) is 24.7 Å². The predicted octanol–water partition coefficient (Wildman–Crippen LogP) is 3.16. The molecule has 0 bridgehead atoms. The number of methoxy groups -OCH3 is 1. The second-order valence-corrected chi connectivity index (χ2v) is 4.61. The molecule has 0 unspecified atom stereocenters. The second kappa shape index (κ2) is 5.71. The standard InChI is InChI=1S/C14H16ClFN2O2/c1-4-17-13(15)12(14(19)18(17)5-2)10-7-6-9(20-3)8-11(10)16/h6-8H,4-5H2,1-3H3. The lowest BCUT2D eigenvalue weighted by Crippen LogP contribution is -2.22. The largest absolute Gasteiger partial charge is 0.497 e. The van der Waals surface area contributed by atoms with Gasteiger partial charge < -0.3 is 4.74 Å². The normalized spacial score (nSPS) is 10.8. The highest BCUT2D eigenvalue weighted by Gasteiger charge is 2.21. The van der Waals surface area contributed by atoms with Crippen molar-refractivity contribution in [2.45, 2.75) is 26.9 Å². The molecule has 6 heteroatoms. The minimum atomic E-state index is -0.528. The molecule has 0 aliphatic heterocycles. The van der Waals surface area contributed by atoms with E-state index < -0.39 is 5.82 Å². The molecule has 1 aromatic carbocycles. The van der Waals surface area contributed by atoms with Crippen molar-refractivity contribution in [3.63, 3.8) is 0 Å². The highest BCUT2D eigenvalue weighted by molar-refractivity contribution is 6.32. The molecule has 0 fully saturated rings. The summed E-state index contributed by atoms with van der Waals surface area (Å²) in [4.78, 5) is 12.4. The van der Waals surface area contributed by atoms with Gasteiger partial charge in [0.25, 0.3) is 5.56 Å². The van der Waals surface area contributed by atoms with Crippen LogP contribution in [0.4, 0.5) is 4.39 Å². The molecule has 0 saturated carbocycles. The van der Waals surface area contributed by atoms with E-state index in [0.29, 0.717) is 18.8 Å². The number of nitrogens with zero attached hydrogens (tertiary/aromatic N) is 2. The summed E-state index contributed by atoms with van der Waals surface area (Å²) in [6, 6.07) is 4.36. The highest BCUT2D eigenvalue weighted by Crippen LogP contribution is 2.29. The molecule has 1 heterocycles. The number of hydrogen-bond donors (Lipinski definition) is 0. The lowest BCUT2D eigenvalue weighted by Gasteiger charge is -2.07. The van der Waals surface area contributed by atoms with Gasteiger partial charge in [0.2, 0.25) is 0 Å². The van der Waals surface area contributed by atoms with E-state index in [9.17, 15) is 9.18 Å². The lowest BCUT2D eigenvalue weighted by atomic mass is 10.1. The Balaban J connectivity index is 2.70. The molecule has 0 amide bonds. The molecule has 20 heavy (non-hydrogen) atoms. The van der Waals surface area contributed by atoms with E-state index in [1.54, 1.807) is 10.7 Å². The fourth-order valence-corrected chi connectivity index (χ4v) is 2.63. The molecule has 0 N–H and O–H groups in total. The van der Waals surface area contributed by atoms with Gasteiger partial charge in [-0.15, -0.1) is 0 Å². The van der Waals surface area contributed by atoms with Gasteiger partial charge in [-0.3, -0.25) is 9.48 Å². The maximum atomic E-state index is 14.1. The average molecular weight is 299 g/mol. The molecule has 0 radical (unpaired) electrons. The van der Waals surface area contributed by atoms with E-state index in [2.05, 4.69) is 0 Å². The molecule has 1 aromatic heterocycles. The van der Waals surface area contributed by atoms with Crippen LogP contribution in [0.25, 0.3) is 11.1 Å².